The van der Waals surface area contributed by atoms with Gasteiger partial charge >= 0.3 is 0 Å². The van der Waals surface area contributed by atoms with E-state index < -0.39 is 0 Å². The molecule has 140 valence electrons. The molecule has 0 unspecified atom stereocenters. The zero-order chi connectivity index (χ0) is 19.1. The predicted molar refractivity (Wildman–Crippen MR) is 98.1 cm³/mol. The summed E-state index contributed by atoms with van der Waals surface area (Å²) in [5.74, 6) is 1.17. The topological polar surface area (TPSA) is 98.8 Å². The third kappa shape index (κ3) is 5.09. The predicted octanol–water partition coefficient (Wildman–Crippen LogP) is 1.99. The highest BCUT2D eigenvalue weighted by atomic mass is 32.1. The first kappa shape index (κ1) is 19.5. The van der Waals surface area contributed by atoms with Crippen molar-refractivity contribution >= 4 is 28.3 Å². The Hall–Kier alpha value is -2.81. The number of carbonyl (C=O) groups is 2. The Morgan fingerprint density at radius 2 is 1.77 bits per heavy atom. The number of amides is 2. The summed E-state index contributed by atoms with van der Waals surface area (Å²) in [5, 5.41) is 7.63. The van der Waals surface area contributed by atoms with Crippen LogP contribution in [0.5, 0.6) is 17.2 Å². The number of hydrogen-bond donors (Lipinski definition) is 2. The van der Waals surface area contributed by atoms with Crippen LogP contribution in [0, 0.1) is 0 Å². The quantitative estimate of drug-likeness (QED) is 0.728. The minimum Gasteiger partial charge on any atom is -0.493 e. The third-order valence-electron chi connectivity index (χ3n) is 3.39. The lowest BCUT2D eigenvalue weighted by molar-refractivity contribution is -0.120. The molecule has 0 aliphatic heterocycles. The van der Waals surface area contributed by atoms with Gasteiger partial charge in [-0.2, -0.15) is 0 Å². The van der Waals surface area contributed by atoms with E-state index in [1.165, 1.54) is 39.6 Å². The summed E-state index contributed by atoms with van der Waals surface area (Å²) in [5.41, 5.74) is 1.41. The van der Waals surface area contributed by atoms with Crippen molar-refractivity contribution in [3.05, 3.63) is 28.8 Å². The van der Waals surface area contributed by atoms with Crippen LogP contribution in [-0.4, -0.2) is 38.1 Å². The number of methoxy groups -OCH3 is 3. The van der Waals surface area contributed by atoms with Gasteiger partial charge in [0.2, 0.25) is 17.6 Å². The van der Waals surface area contributed by atoms with E-state index in [2.05, 4.69) is 15.6 Å². The summed E-state index contributed by atoms with van der Waals surface area (Å²) in [6, 6.07) is 3.55. The second-order valence-corrected chi connectivity index (χ2v) is 6.17. The third-order valence-corrected chi connectivity index (χ3v) is 4.20. The molecule has 0 fully saturated rings. The molecule has 2 aromatic rings. The van der Waals surface area contributed by atoms with E-state index in [9.17, 15) is 9.59 Å². The van der Waals surface area contributed by atoms with Gasteiger partial charge in [0.15, 0.2) is 16.6 Å². The fraction of sp³-hybridized carbons (Fsp3) is 0.353. The minimum atomic E-state index is -0.197. The minimum absolute atomic E-state index is 0.126. The number of thiazole rings is 1. The first-order valence-corrected chi connectivity index (χ1v) is 8.62. The van der Waals surface area contributed by atoms with E-state index in [-0.39, 0.29) is 18.2 Å². The number of benzene rings is 1. The Bertz CT molecular complexity index is 765. The number of anilines is 1. The monoisotopic (exact) mass is 379 g/mol. The van der Waals surface area contributed by atoms with E-state index in [0.29, 0.717) is 34.6 Å². The average Bonchev–Trinajstić information content (AvgIpc) is 3.04. The molecule has 0 saturated heterocycles. The number of aromatic nitrogens is 1. The van der Waals surface area contributed by atoms with Crippen LogP contribution < -0.4 is 24.8 Å². The number of rotatable bonds is 8. The zero-order valence-corrected chi connectivity index (χ0v) is 15.9. The molecule has 0 aliphatic rings. The van der Waals surface area contributed by atoms with Crippen molar-refractivity contribution in [2.24, 2.45) is 0 Å². The smallest absolute Gasteiger partial charge is 0.226 e. The van der Waals surface area contributed by atoms with Crippen LogP contribution in [0.4, 0.5) is 5.13 Å². The lowest BCUT2D eigenvalue weighted by Crippen LogP contribution is -2.24. The van der Waals surface area contributed by atoms with Gasteiger partial charge < -0.3 is 24.8 Å². The molecule has 0 atom stereocenters. The molecule has 0 spiro atoms. The Morgan fingerprint density at radius 1 is 1.12 bits per heavy atom. The van der Waals surface area contributed by atoms with Crippen LogP contribution in [0.1, 0.15) is 18.2 Å². The fourth-order valence-corrected chi connectivity index (χ4v) is 3.02. The first-order chi connectivity index (χ1) is 12.5. The lowest BCUT2D eigenvalue weighted by atomic mass is 10.1. The molecule has 1 heterocycles. The molecule has 1 aromatic carbocycles. The molecule has 0 bridgehead atoms. The molecule has 2 rings (SSSR count). The van der Waals surface area contributed by atoms with Crippen LogP contribution in [-0.2, 0) is 22.6 Å². The second kappa shape index (κ2) is 9.04. The Balaban J connectivity index is 1.98. The number of nitrogens with zero attached hydrogens (tertiary/aromatic N) is 1. The number of ether oxygens (including phenoxy) is 3. The van der Waals surface area contributed by atoms with Crippen molar-refractivity contribution in [3.8, 4) is 17.2 Å². The van der Waals surface area contributed by atoms with Gasteiger partial charge in [-0.05, 0) is 17.7 Å². The average molecular weight is 379 g/mol. The summed E-state index contributed by atoms with van der Waals surface area (Å²) in [7, 11) is 4.61. The summed E-state index contributed by atoms with van der Waals surface area (Å²) < 4.78 is 15.9. The van der Waals surface area contributed by atoms with Crippen molar-refractivity contribution in [2.45, 2.75) is 19.9 Å². The van der Waals surface area contributed by atoms with Crippen molar-refractivity contribution in [3.63, 3.8) is 0 Å². The Labute approximate surface area is 155 Å². The molecular formula is C17H21N3O5S. The number of carbonyl (C=O) groups excluding carboxylic acids is 2. The van der Waals surface area contributed by atoms with E-state index in [1.54, 1.807) is 17.5 Å². The molecule has 26 heavy (non-hydrogen) atoms. The first-order valence-electron chi connectivity index (χ1n) is 7.74. The van der Waals surface area contributed by atoms with Gasteiger partial charge in [-0.1, -0.05) is 0 Å². The molecule has 2 amide bonds. The summed E-state index contributed by atoms with van der Waals surface area (Å²) >= 11 is 1.28. The summed E-state index contributed by atoms with van der Waals surface area (Å²) in [6.45, 7) is 1.71. The van der Waals surface area contributed by atoms with Crippen LogP contribution in [0.25, 0.3) is 0 Å². The normalized spacial score (nSPS) is 10.2. The van der Waals surface area contributed by atoms with Crippen LogP contribution in [0.3, 0.4) is 0 Å². The van der Waals surface area contributed by atoms with Crippen LogP contribution >= 0.6 is 11.3 Å². The summed E-state index contributed by atoms with van der Waals surface area (Å²) in [6.07, 6.45) is 0.126. The SMILES string of the molecule is COc1cc(CNC(=O)Cc2csc(NC(C)=O)n2)cc(OC)c1OC. The van der Waals surface area contributed by atoms with E-state index in [1.807, 2.05) is 0 Å². The molecule has 0 saturated carbocycles. The molecule has 1 aromatic heterocycles. The maximum Gasteiger partial charge on any atom is 0.226 e. The van der Waals surface area contributed by atoms with Crippen molar-refractivity contribution in [1.82, 2.24) is 10.3 Å². The highest BCUT2D eigenvalue weighted by molar-refractivity contribution is 7.13. The lowest BCUT2D eigenvalue weighted by Gasteiger charge is -2.14. The van der Waals surface area contributed by atoms with E-state index >= 15 is 0 Å². The van der Waals surface area contributed by atoms with Gasteiger partial charge in [-0.3, -0.25) is 9.59 Å². The van der Waals surface area contributed by atoms with Crippen LogP contribution in [0.2, 0.25) is 0 Å². The molecule has 0 aliphatic carbocycles. The maximum atomic E-state index is 12.1. The Kier molecular flexibility index (Phi) is 6.79. The molecule has 9 heteroatoms. The molecular weight excluding hydrogens is 358 g/mol. The molecule has 2 N–H and O–H groups in total. The van der Waals surface area contributed by atoms with E-state index in [4.69, 9.17) is 14.2 Å². The molecule has 8 nitrogen and oxygen atoms in total. The van der Waals surface area contributed by atoms with E-state index in [0.717, 1.165) is 5.56 Å². The van der Waals surface area contributed by atoms with Crippen molar-refractivity contribution in [2.75, 3.05) is 26.6 Å². The fourth-order valence-electron chi connectivity index (χ4n) is 2.26. The number of hydrogen-bond acceptors (Lipinski definition) is 7. The van der Waals surface area contributed by atoms with Gasteiger partial charge in [0.1, 0.15) is 0 Å². The largest absolute Gasteiger partial charge is 0.493 e. The van der Waals surface area contributed by atoms with Gasteiger partial charge in [0, 0.05) is 18.8 Å². The second-order valence-electron chi connectivity index (χ2n) is 5.31. The summed E-state index contributed by atoms with van der Waals surface area (Å²) in [4.78, 5) is 27.3. The Morgan fingerprint density at radius 3 is 2.31 bits per heavy atom. The number of nitrogens with one attached hydrogen (secondary N) is 2. The van der Waals surface area contributed by atoms with Gasteiger partial charge in [0.25, 0.3) is 0 Å². The standard InChI is InChI=1S/C17H21N3O5S/c1-10(21)19-17-20-12(9-26-17)7-15(22)18-8-11-5-13(23-2)16(25-4)14(6-11)24-3/h5-6,9H,7-8H2,1-4H3,(H,18,22)(H,19,20,21). The zero-order valence-electron chi connectivity index (χ0n) is 15.0. The molecule has 0 radical (unpaired) electrons. The van der Waals surface area contributed by atoms with Crippen LogP contribution in [0.15, 0.2) is 17.5 Å². The highest BCUT2D eigenvalue weighted by Gasteiger charge is 2.14. The van der Waals surface area contributed by atoms with Crippen molar-refractivity contribution < 1.29 is 23.8 Å². The van der Waals surface area contributed by atoms with Crippen molar-refractivity contribution in [1.29, 1.82) is 0 Å². The van der Waals surface area contributed by atoms with Gasteiger partial charge in [0.05, 0.1) is 33.4 Å². The van der Waals surface area contributed by atoms with Gasteiger partial charge in [-0.25, -0.2) is 4.98 Å². The maximum absolute atomic E-state index is 12.1. The van der Waals surface area contributed by atoms with Gasteiger partial charge in [-0.15, -0.1) is 11.3 Å². The highest BCUT2D eigenvalue weighted by Crippen LogP contribution is 2.38.